The number of hydrogen-bond acceptors (Lipinski definition) is 4. The fourth-order valence-corrected chi connectivity index (χ4v) is 4.03. The number of piperazine rings is 1. The summed E-state index contributed by atoms with van der Waals surface area (Å²) < 4.78 is 40.5. The van der Waals surface area contributed by atoms with Gasteiger partial charge in [0, 0.05) is 45.2 Å². The lowest BCUT2D eigenvalue weighted by atomic mass is 10.1. The van der Waals surface area contributed by atoms with E-state index in [-0.39, 0.29) is 5.91 Å². The van der Waals surface area contributed by atoms with E-state index in [4.69, 9.17) is 0 Å². The maximum absolute atomic E-state index is 13.1. The molecule has 1 fully saturated rings. The molecule has 0 N–H and O–H groups in total. The van der Waals surface area contributed by atoms with Gasteiger partial charge in [-0.3, -0.25) is 14.4 Å². The number of halogens is 3. The average molecular weight is 431 g/mol. The van der Waals surface area contributed by atoms with Crippen molar-refractivity contribution in [3.63, 3.8) is 0 Å². The molecule has 4 rings (SSSR count). The van der Waals surface area contributed by atoms with Crippen LogP contribution in [0.2, 0.25) is 0 Å². The molecule has 1 aromatic carbocycles. The molecule has 31 heavy (non-hydrogen) atoms. The zero-order valence-electron chi connectivity index (χ0n) is 17.7. The number of hydrogen-bond donors (Lipinski definition) is 0. The second kappa shape index (κ2) is 7.96. The van der Waals surface area contributed by atoms with Crippen molar-refractivity contribution in [1.82, 2.24) is 24.6 Å². The first kappa shape index (κ1) is 21.3. The Morgan fingerprint density at radius 2 is 1.77 bits per heavy atom. The highest BCUT2D eigenvalue weighted by molar-refractivity contribution is 5.98. The Morgan fingerprint density at radius 1 is 1.06 bits per heavy atom. The molecule has 0 bridgehead atoms. The van der Waals surface area contributed by atoms with Gasteiger partial charge in [-0.1, -0.05) is 18.2 Å². The van der Waals surface area contributed by atoms with E-state index in [0.717, 1.165) is 22.8 Å². The van der Waals surface area contributed by atoms with Crippen molar-refractivity contribution in [2.24, 2.45) is 7.05 Å². The summed E-state index contributed by atoms with van der Waals surface area (Å²) in [5.74, 6) is -0.0751. The lowest BCUT2D eigenvalue weighted by Gasteiger charge is -2.35. The fourth-order valence-electron chi connectivity index (χ4n) is 4.03. The molecule has 0 aliphatic carbocycles. The lowest BCUT2D eigenvalue weighted by Crippen LogP contribution is -2.48. The molecule has 3 aromatic rings. The third kappa shape index (κ3) is 4.27. The molecule has 1 aliphatic heterocycles. The van der Waals surface area contributed by atoms with Gasteiger partial charge in [-0.15, -0.1) is 0 Å². The van der Waals surface area contributed by atoms with Crippen LogP contribution in [0.15, 0.2) is 30.3 Å². The number of aryl methyl sites for hydroxylation is 3. The number of fused-ring (bicyclic) bond motifs is 1. The number of carbonyl (C=O) groups is 1. The summed E-state index contributed by atoms with van der Waals surface area (Å²) in [5, 5.41) is 5.23. The lowest BCUT2D eigenvalue weighted by molar-refractivity contribution is -0.137. The fraction of sp³-hybridized carbons (Fsp3) is 0.409. The van der Waals surface area contributed by atoms with Crippen LogP contribution in [-0.2, 0) is 19.8 Å². The van der Waals surface area contributed by atoms with Crippen LogP contribution in [0.1, 0.15) is 32.9 Å². The van der Waals surface area contributed by atoms with Crippen LogP contribution in [0.25, 0.3) is 11.0 Å². The van der Waals surface area contributed by atoms with Crippen LogP contribution in [0.4, 0.5) is 13.2 Å². The number of pyridine rings is 1. The van der Waals surface area contributed by atoms with Gasteiger partial charge in [0.15, 0.2) is 5.65 Å². The van der Waals surface area contributed by atoms with E-state index in [0.29, 0.717) is 49.5 Å². The molecule has 0 radical (unpaired) electrons. The number of carbonyl (C=O) groups excluding carboxylic acids is 1. The van der Waals surface area contributed by atoms with Gasteiger partial charge in [0.2, 0.25) is 0 Å². The zero-order chi connectivity index (χ0) is 22.3. The van der Waals surface area contributed by atoms with E-state index >= 15 is 0 Å². The van der Waals surface area contributed by atoms with Gasteiger partial charge in [-0.25, -0.2) is 4.98 Å². The summed E-state index contributed by atoms with van der Waals surface area (Å²) >= 11 is 0. The second-order valence-corrected chi connectivity index (χ2v) is 7.97. The van der Waals surface area contributed by atoms with Crippen LogP contribution < -0.4 is 0 Å². The van der Waals surface area contributed by atoms with Crippen molar-refractivity contribution in [2.75, 3.05) is 26.2 Å². The van der Waals surface area contributed by atoms with Crippen molar-refractivity contribution in [2.45, 2.75) is 26.6 Å². The molecule has 1 saturated heterocycles. The summed E-state index contributed by atoms with van der Waals surface area (Å²) in [6, 6.07) is 7.27. The van der Waals surface area contributed by atoms with Crippen LogP contribution in [-0.4, -0.2) is 56.7 Å². The molecule has 9 heteroatoms. The molecule has 3 heterocycles. The van der Waals surface area contributed by atoms with Crippen molar-refractivity contribution in [3.8, 4) is 0 Å². The first-order chi connectivity index (χ1) is 14.6. The number of alkyl halides is 3. The van der Waals surface area contributed by atoms with Crippen molar-refractivity contribution in [3.05, 3.63) is 58.4 Å². The van der Waals surface area contributed by atoms with Crippen LogP contribution in [0.5, 0.6) is 0 Å². The van der Waals surface area contributed by atoms with E-state index in [1.54, 1.807) is 15.6 Å². The molecule has 0 atom stereocenters. The minimum absolute atomic E-state index is 0.0751. The standard InChI is InChI=1S/C22H24F3N5O/c1-14-19(12-18-15(2)27-28(3)20(18)26-14)21(31)30-9-7-29(8-10-30)13-16-5-4-6-17(11-16)22(23,24)25/h4-6,11-12H,7-10,13H2,1-3H3. The monoisotopic (exact) mass is 431 g/mol. The van der Waals surface area contributed by atoms with E-state index in [2.05, 4.69) is 15.0 Å². The predicted molar refractivity (Wildman–Crippen MR) is 111 cm³/mol. The smallest absolute Gasteiger partial charge is 0.336 e. The molecule has 6 nitrogen and oxygen atoms in total. The Kier molecular flexibility index (Phi) is 5.47. The second-order valence-electron chi connectivity index (χ2n) is 7.97. The molecule has 0 saturated carbocycles. The predicted octanol–water partition coefficient (Wildman–Crippen LogP) is 3.56. The van der Waals surface area contributed by atoms with Gasteiger partial charge >= 0.3 is 6.18 Å². The SMILES string of the molecule is Cc1nc2c(cc1C(=O)N1CCN(Cc3cccc(C(F)(F)F)c3)CC1)c(C)nn2C. The van der Waals surface area contributed by atoms with E-state index in [9.17, 15) is 18.0 Å². The quantitative estimate of drug-likeness (QED) is 0.636. The summed E-state index contributed by atoms with van der Waals surface area (Å²) in [5.41, 5.74) is 2.78. The largest absolute Gasteiger partial charge is 0.416 e. The van der Waals surface area contributed by atoms with Gasteiger partial charge in [-0.05, 0) is 31.5 Å². The average Bonchev–Trinajstić information content (AvgIpc) is 3.00. The van der Waals surface area contributed by atoms with Crippen molar-refractivity contribution < 1.29 is 18.0 Å². The Hall–Kier alpha value is -2.94. The molecular formula is C22H24F3N5O. The number of amides is 1. The summed E-state index contributed by atoms with van der Waals surface area (Å²) in [6.07, 6.45) is -4.35. The highest BCUT2D eigenvalue weighted by Crippen LogP contribution is 2.30. The van der Waals surface area contributed by atoms with Gasteiger partial charge < -0.3 is 4.90 Å². The van der Waals surface area contributed by atoms with E-state index in [1.165, 1.54) is 12.1 Å². The molecule has 164 valence electrons. The summed E-state index contributed by atoms with van der Waals surface area (Å²) in [4.78, 5) is 21.5. The molecule has 1 aliphatic rings. The Bertz CT molecular complexity index is 1130. The molecule has 0 spiro atoms. The van der Waals surface area contributed by atoms with E-state index in [1.807, 2.05) is 27.0 Å². The minimum Gasteiger partial charge on any atom is -0.336 e. The van der Waals surface area contributed by atoms with Crippen LogP contribution >= 0.6 is 0 Å². The summed E-state index contributed by atoms with van der Waals surface area (Å²) in [6.45, 7) is 6.36. The molecule has 0 unspecified atom stereocenters. The maximum Gasteiger partial charge on any atom is 0.416 e. The van der Waals surface area contributed by atoms with Crippen LogP contribution in [0.3, 0.4) is 0 Å². The van der Waals surface area contributed by atoms with Gasteiger partial charge in [0.05, 0.1) is 22.5 Å². The molecule has 1 amide bonds. The third-order valence-electron chi connectivity index (χ3n) is 5.74. The topological polar surface area (TPSA) is 54.3 Å². The minimum atomic E-state index is -4.35. The first-order valence-corrected chi connectivity index (χ1v) is 10.1. The van der Waals surface area contributed by atoms with Crippen molar-refractivity contribution >= 4 is 16.9 Å². The Labute approximate surface area is 178 Å². The molecular weight excluding hydrogens is 407 g/mol. The van der Waals surface area contributed by atoms with Crippen LogP contribution in [0, 0.1) is 13.8 Å². The van der Waals surface area contributed by atoms with Gasteiger partial charge in [-0.2, -0.15) is 18.3 Å². The number of aromatic nitrogens is 3. The number of benzene rings is 1. The van der Waals surface area contributed by atoms with Gasteiger partial charge in [0.1, 0.15) is 0 Å². The van der Waals surface area contributed by atoms with Crippen molar-refractivity contribution in [1.29, 1.82) is 0 Å². The number of rotatable bonds is 3. The maximum atomic E-state index is 13.1. The molecule has 2 aromatic heterocycles. The Balaban J connectivity index is 1.43. The normalized spacial score (nSPS) is 15.6. The highest BCUT2D eigenvalue weighted by atomic mass is 19.4. The first-order valence-electron chi connectivity index (χ1n) is 10.1. The Morgan fingerprint density at radius 3 is 2.45 bits per heavy atom. The van der Waals surface area contributed by atoms with Gasteiger partial charge in [0.25, 0.3) is 5.91 Å². The number of nitrogens with zero attached hydrogens (tertiary/aromatic N) is 5. The van der Waals surface area contributed by atoms with E-state index < -0.39 is 11.7 Å². The zero-order valence-corrected chi connectivity index (χ0v) is 17.7. The summed E-state index contributed by atoms with van der Waals surface area (Å²) in [7, 11) is 1.83. The third-order valence-corrected chi connectivity index (χ3v) is 5.74. The highest BCUT2D eigenvalue weighted by Gasteiger charge is 2.31.